The minimum atomic E-state index is -0.142. The Bertz CT molecular complexity index is 485. The van der Waals surface area contributed by atoms with Gasteiger partial charge in [-0.3, -0.25) is 0 Å². The van der Waals surface area contributed by atoms with Gasteiger partial charge >= 0.3 is 6.03 Å². The zero-order chi connectivity index (χ0) is 14.7. The predicted molar refractivity (Wildman–Crippen MR) is 78.6 cm³/mol. The topological polar surface area (TPSA) is 50.8 Å². The first kappa shape index (κ1) is 14.9. The van der Waals surface area contributed by atoms with Gasteiger partial charge in [-0.15, -0.1) is 0 Å². The number of rotatable bonds is 2. The molecule has 20 heavy (non-hydrogen) atoms. The first-order valence-corrected chi connectivity index (χ1v) is 6.92. The largest absolute Gasteiger partial charge is 0.495 e. The molecular formula is C14H19ClN2O3. The van der Waals surface area contributed by atoms with Gasteiger partial charge in [-0.2, -0.15) is 0 Å². The predicted octanol–water partition coefficient (Wildman–Crippen LogP) is 2.99. The third kappa shape index (κ3) is 3.55. The molecule has 0 bridgehead atoms. The number of carbonyl (C=O) groups is 1. The second-order valence-corrected chi connectivity index (χ2v) is 5.35. The molecule has 0 saturated carbocycles. The average Bonchev–Trinajstić information content (AvgIpc) is 2.39. The lowest BCUT2D eigenvalue weighted by atomic mass is 10.2. The van der Waals surface area contributed by atoms with E-state index in [0.29, 0.717) is 29.5 Å². The molecule has 1 saturated heterocycles. The molecule has 110 valence electrons. The van der Waals surface area contributed by atoms with Crippen LogP contribution in [0.5, 0.6) is 5.75 Å². The zero-order valence-corrected chi connectivity index (χ0v) is 12.6. The Morgan fingerprint density at radius 1 is 1.40 bits per heavy atom. The van der Waals surface area contributed by atoms with Crippen LogP contribution in [0, 0.1) is 0 Å². The Hall–Kier alpha value is -1.46. The van der Waals surface area contributed by atoms with E-state index in [2.05, 4.69) is 5.32 Å². The Balaban J connectivity index is 2.04. The number of methoxy groups -OCH3 is 1. The monoisotopic (exact) mass is 298 g/mol. The van der Waals surface area contributed by atoms with Gasteiger partial charge in [0.25, 0.3) is 0 Å². The molecule has 0 aromatic heterocycles. The van der Waals surface area contributed by atoms with Crippen molar-refractivity contribution in [3.63, 3.8) is 0 Å². The number of ether oxygens (including phenoxy) is 2. The molecule has 2 amide bonds. The number of hydrogen-bond donors (Lipinski definition) is 1. The summed E-state index contributed by atoms with van der Waals surface area (Å²) in [5, 5.41) is 3.36. The van der Waals surface area contributed by atoms with E-state index in [1.807, 2.05) is 13.8 Å². The lowest BCUT2D eigenvalue weighted by Crippen LogP contribution is -2.49. The fourth-order valence-electron chi connectivity index (χ4n) is 2.28. The molecule has 1 aromatic carbocycles. The van der Waals surface area contributed by atoms with Crippen LogP contribution in [0.4, 0.5) is 10.5 Å². The number of carbonyl (C=O) groups excluding carboxylic acids is 1. The molecule has 0 unspecified atom stereocenters. The van der Waals surface area contributed by atoms with Gasteiger partial charge in [-0.05, 0) is 26.0 Å². The number of benzene rings is 1. The summed E-state index contributed by atoms with van der Waals surface area (Å²) >= 11 is 5.96. The van der Waals surface area contributed by atoms with Crippen LogP contribution in [0.15, 0.2) is 18.2 Å². The molecule has 2 rings (SSSR count). The molecular weight excluding hydrogens is 280 g/mol. The molecule has 1 aliphatic heterocycles. The third-order valence-corrected chi connectivity index (χ3v) is 3.42. The van der Waals surface area contributed by atoms with Crippen LogP contribution in [0.25, 0.3) is 0 Å². The van der Waals surface area contributed by atoms with Crippen LogP contribution in [-0.2, 0) is 4.74 Å². The maximum absolute atomic E-state index is 12.2. The van der Waals surface area contributed by atoms with E-state index < -0.39 is 0 Å². The van der Waals surface area contributed by atoms with Crippen LogP contribution in [0.2, 0.25) is 5.02 Å². The number of nitrogens with one attached hydrogen (secondary N) is 1. The van der Waals surface area contributed by atoms with Gasteiger partial charge in [0.15, 0.2) is 0 Å². The minimum Gasteiger partial charge on any atom is -0.495 e. The number of nitrogens with zero attached hydrogens (tertiary/aromatic N) is 1. The van der Waals surface area contributed by atoms with Crippen molar-refractivity contribution in [1.82, 2.24) is 4.90 Å². The van der Waals surface area contributed by atoms with E-state index in [9.17, 15) is 4.79 Å². The first-order valence-electron chi connectivity index (χ1n) is 6.54. The number of anilines is 1. The zero-order valence-electron chi connectivity index (χ0n) is 11.9. The van der Waals surface area contributed by atoms with Gasteiger partial charge < -0.3 is 19.7 Å². The SMILES string of the molecule is COc1cc(NC(=O)N2C[C@@H](C)O[C@@H](C)C2)ccc1Cl. The van der Waals surface area contributed by atoms with Crippen LogP contribution in [0.3, 0.4) is 0 Å². The summed E-state index contributed by atoms with van der Waals surface area (Å²) in [5.74, 6) is 0.535. The normalized spacial score (nSPS) is 22.5. The molecule has 0 spiro atoms. The third-order valence-electron chi connectivity index (χ3n) is 3.11. The van der Waals surface area contributed by atoms with Crippen molar-refractivity contribution in [2.45, 2.75) is 26.1 Å². The highest BCUT2D eigenvalue weighted by molar-refractivity contribution is 6.32. The summed E-state index contributed by atoms with van der Waals surface area (Å²) in [7, 11) is 1.54. The molecule has 0 aliphatic carbocycles. The summed E-state index contributed by atoms with van der Waals surface area (Å²) < 4.78 is 10.7. The van der Waals surface area contributed by atoms with Crippen LogP contribution in [0.1, 0.15) is 13.8 Å². The Morgan fingerprint density at radius 2 is 2.05 bits per heavy atom. The van der Waals surface area contributed by atoms with Crippen molar-refractivity contribution in [1.29, 1.82) is 0 Å². The van der Waals surface area contributed by atoms with Gasteiger partial charge in [0.1, 0.15) is 5.75 Å². The fourth-order valence-corrected chi connectivity index (χ4v) is 2.48. The summed E-state index contributed by atoms with van der Waals surface area (Å²) in [6.45, 7) is 5.09. The maximum atomic E-state index is 12.2. The van der Waals surface area contributed by atoms with Crippen LogP contribution in [-0.4, -0.2) is 43.3 Å². The summed E-state index contributed by atoms with van der Waals surface area (Å²) in [6, 6.07) is 5.00. The van der Waals surface area contributed by atoms with Gasteiger partial charge in [-0.1, -0.05) is 11.6 Å². The fraction of sp³-hybridized carbons (Fsp3) is 0.500. The molecule has 1 fully saturated rings. The van der Waals surface area contributed by atoms with E-state index in [1.165, 1.54) is 7.11 Å². The van der Waals surface area contributed by atoms with Crippen molar-refractivity contribution < 1.29 is 14.3 Å². The van der Waals surface area contributed by atoms with Gasteiger partial charge in [0, 0.05) is 24.8 Å². The maximum Gasteiger partial charge on any atom is 0.322 e. The first-order chi connectivity index (χ1) is 9.49. The molecule has 1 aliphatic rings. The van der Waals surface area contributed by atoms with E-state index >= 15 is 0 Å². The van der Waals surface area contributed by atoms with E-state index in [4.69, 9.17) is 21.1 Å². The van der Waals surface area contributed by atoms with Crippen molar-refractivity contribution >= 4 is 23.3 Å². The molecule has 2 atom stereocenters. The quantitative estimate of drug-likeness (QED) is 0.913. The van der Waals surface area contributed by atoms with Gasteiger partial charge in [0.05, 0.1) is 24.3 Å². The van der Waals surface area contributed by atoms with Crippen molar-refractivity contribution in [3.8, 4) is 5.75 Å². The number of morpholine rings is 1. The number of amides is 2. The van der Waals surface area contributed by atoms with Crippen LogP contribution >= 0.6 is 11.6 Å². The second kappa shape index (κ2) is 6.33. The standard InChI is InChI=1S/C14H19ClN2O3/c1-9-7-17(8-10(2)20-9)14(18)16-11-4-5-12(15)13(6-11)19-3/h4-6,9-10H,7-8H2,1-3H3,(H,16,18)/t9-,10+. The summed E-state index contributed by atoms with van der Waals surface area (Å²) in [5.41, 5.74) is 0.656. The number of urea groups is 1. The van der Waals surface area contributed by atoms with Crippen molar-refractivity contribution in [2.24, 2.45) is 0 Å². The lowest BCUT2D eigenvalue weighted by Gasteiger charge is -2.35. The summed E-state index contributed by atoms with van der Waals surface area (Å²) in [6.07, 6.45) is 0.0912. The Morgan fingerprint density at radius 3 is 2.65 bits per heavy atom. The molecule has 1 N–H and O–H groups in total. The van der Waals surface area contributed by atoms with E-state index in [0.717, 1.165) is 0 Å². The molecule has 1 aromatic rings. The molecule has 5 nitrogen and oxygen atoms in total. The van der Waals surface area contributed by atoms with E-state index in [-0.39, 0.29) is 18.2 Å². The number of hydrogen-bond acceptors (Lipinski definition) is 3. The van der Waals surface area contributed by atoms with Gasteiger partial charge in [-0.25, -0.2) is 4.79 Å². The minimum absolute atomic E-state index is 0.0456. The second-order valence-electron chi connectivity index (χ2n) is 4.94. The number of halogens is 1. The van der Waals surface area contributed by atoms with Crippen molar-refractivity contribution in [3.05, 3.63) is 23.2 Å². The molecule has 0 radical (unpaired) electrons. The highest BCUT2D eigenvalue weighted by atomic mass is 35.5. The Labute approximate surface area is 123 Å². The average molecular weight is 299 g/mol. The highest BCUT2D eigenvalue weighted by Crippen LogP contribution is 2.27. The van der Waals surface area contributed by atoms with Crippen molar-refractivity contribution in [2.75, 3.05) is 25.5 Å². The smallest absolute Gasteiger partial charge is 0.322 e. The van der Waals surface area contributed by atoms with E-state index in [1.54, 1.807) is 23.1 Å². The summed E-state index contributed by atoms with van der Waals surface area (Å²) in [4.78, 5) is 14.0. The molecule has 1 heterocycles. The Kier molecular flexibility index (Phi) is 4.73. The lowest BCUT2D eigenvalue weighted by molar-refractivity contribution is -0.0530. The van der Waals surface area contributed by atoms with Gasteiger partial charge in [0.2, 0.25) is 0 Å². The molecule has 6 heteroatoms. The highest BCUT2D eigenvalue weighted by Gasteiger charge is 2.25. The van der Waals surface area contributed by atoms with Crippen LogP contribution < -0.4 is 10.1 Å².